The first kappa shape index (κ1) is 13.3. The maximum Gasteiger partial charge on any atom is 0.417 e. The highest BCUT2D eigenvalue weighted by Gasteiger charge is 2.09. The molecule has 0 aliphatic rings. The van der Waals surface area contributed by atoms with Crippen molar-refractivity contribution >= 4 is 40.0 Å². The number of aromatic amines is 1. The lowest BCUT2D eigenvalue weighted by atomic mass is 10.2. The van der Waals surface area contributed by atoms with Crippen LogP contribution in [0.4, 0.5) is 11.4 Å². The Morgan fingerprint density at radius 2 is 2.05 bits per heavy atom. The number of H-pyrrole nitrogens is 1. The number of halogens is 1. The third kappa shape index (κ3) is 2.75. The van der Waals surface area contributed by atoms with E-state index >= 15 is 0 Å². The molecule has 6 nitrogen and oxygen atoms in total. The topological polar surface area (TPSA) is 101 Å². The Kier molecular flexibility index (Phi) is 3.15. The van der Waals surface area contributed by atoms with Gasteiger partial charge in [0.1, 0.15) is 0 Å². The zero-order chi connectivity index (χ0) is 15.0. The zero-order valence-corrected chi connectivity index (χ0v) is 11.4. The van der Waals surface area contributed by atoms with E-state index in [0.717, 1.165) is 0 Å². The van der Waals surface area contributed by atoms with Crippen molar-refractivity contribution in [3.63, 3.8) is 0 Å². The van der Waals surface area contributed by atoms with Crippen molar-refractivity contribution in [2.24, 2.45) is 0 Å². The van der Waals surface area contributed by atoms with Gasteiger partial charge in [0, 0.05) is 22.0 Å². The number of rotatable bonds is 2. The molecule has 0 aliphatic carbocycles. The van der Waals surface area contributed by atoms with Crippen molar-refractivity contribution in [2.75, 3.05) is 11.1 Å². The monoisotopic (exact) mass is 303 g/mol. The van der Waals surface area contributed by atoms with Crippen molar-refractivity contribution < 1.29 is 9.21 Å². The number of amides is 1. The molecule has 1 aromatic heterocycles. The maximum atomic E-state index is 12.1. The molecular formula is C14H10ClN3O3. The highest BCUT2D eigenvalue weighted by Crippen LogP contribution is 2.20. The number of nitrogens with one attached hydrogen (secondary N) is 2. The Balaban J connectivity index is 1.90. The Labute approximate surface area is 123 Å². The van der Waals surface area contributed by atoms with Crippen LogP contribution in [0.1, 0.15) is 10.4 Å². The van der Waals surface area contributed by atoms with E-state index in [1.165, 1.54) is 12.1 Å². The van der Waals surface area contributed by atoms with Gasteiger partial charge < -0.3 is 15.5 Å². The van der Waals surface area contributed by atoms with E-state index in [1.807, 2.05) is 0 Å². The highest BCUT2D eigenvalue weighted by atomic mass is 35.5. The van der Waals surface area contributed by atoms with Crippen LogP contribution in [0.2, 0.25) is 5.02 Å². The predicted octanol–water partition coefficient (Wildman–Crippen LogP) is 2.61. The third-order valence-corrected chi connectivity index (χ3v) is 3.08. The summed E-state index contributed by atoms with van der Waals surface area (Å²) in [6.45, 7) is 0. The number of carbonyl (C=O) groups is 1. The SMILES string of the molecule is Nc1cc(Cl)cc(C(=O)Nc2ccc3oc(=O)[nH]c3c2)c1. The smallest absolute Gasteiger partial charge is 0.408 e. The number of aromatic nitrogens is 1. The Morgan fingerprint density at radius 3 is 2.81 bits per heavy atom. The molecule has 2 aromatic carbocycles. The summed E-state index contributed by atoms with van der Waals surface area (Å²) in [6, 6.07) is 9.43. The lowest BCUT2D eigenvalue weighted by molar-refractivity contribution is 0.102. The van der Waals surface area contributed by atoms with Gasteiger partial charge in [-0.2, -0.15) is 0 Å². The number of carbonyl (C=O) groups excluding carboxylic acids is 1. The van der Waals surface area contributed by atoms with E-state index in [9.17, 15) is 9.59 Å². The second-order valence-corrected chi connectivity index (χ2v) is 4.89. The van der Waals surface area contributed by atoms with Crippen LogP contribution in [0.5, 0.6) is 0 Å². The molecular weight excluding hydrogens is 294 g/mol. The lowest BCUT2D eigenvalue weighted by Gasteiger charge is -2.06. The predicted molar refractivity (Wildman–Crippen MR) is 80.7 cm³/mol. The van der Waals surface area contributed by atoms with Gasteiger partial charge in [0.15, 0.2) is 5.58 Å². The van der Waals surface area contributed by atoms with Gasteiger partial charge in [-0.1, -0.05) is 11.6 Å². The molecule has 0 radical (unpaired) electrons. The van der Waals surface area contributed by atoms with Crippen LogP contribution in [0.25, 0.3) is 11.1 Å². The van der Waals surface area contributed by atoms with E-state index in [1.54, 1.807) is 24.3 Å². The number of hydrogen-bond acceptors (Lipinski definition) is 4. The minimum Gasteiger partial charge on any atom is -0.408 e. The van der Waals surface area contributed by atoms with Gasteiger partial charge in [0.2, 0.25) is 0 Å². The van der Waals surface area contributed by atoms with Crippen molar-refractivity contribution in [2.45, 2.75) is 0 Å². The number of benzene rings is 2. The van der Waals surface area contributed by atoms with Gasteiger partial charge in [0.25, 0.3) is 5.91 Å². The van der Waals surface area contributed by atoms with Crippen LogP contribution in [-0.4, -0.2) is 10.9 Å². The average Bonchev–Trinajstić information content (AvgIpc) is 2.77. The Hall–Kier alpha value is -2.73. The lowest BCUT2D eigenvalue weighted by Crippen LogP contribution is -2.12. The van der Waals surface area contributed by atoms with Crippen molar-refractivity contribution in [1.29, 1.82) is 0 Å². The van der Waals surface area contributed by atoms with Crippen LogP contribution in [0, 0.1) is 0 Å². The average molecular weight is 304 g/mol. The fourth-order valence-electron chi connectivity index (χ4n) is 1.98. The van der Waals surface area contributed by atoms with Crippen LogP contribution < -0.4 is 16.8 Å². The summed E-state index contributed by atoms with van der Waals surface area (Å²) in [4.78, 5) is 25.7. The summed E-state index contributed by atoms with van der Waals surface area (Å²) in [7, 11) is 0. The van der Waals surface area contributed by atoms with E-state index in [2.05, 4.69) is 10.3 Å². The normalized spacial score (nSPS) is 10.7. The first-order valence-corrected chi connectivity index (χ1v) is 6.39. The fraction of sp³-hybridized carbons (Fsp3) is 0. The van der Waals surface area contributed by atoms with Crippen molar-refractivity contribution in [3.05, 3.63) is 57.5 Å². The van der Waals surface area contributed by atoms with Gasteiger partial charge in [-0.05, 0) is 36.4 Å². The molecule has 7 heteroatoms. The number of nitrogens with two attached hydrogens (primary N) is 1. The molecule has 3 aromatic rings. The largest absolute Gasteiger partial charge is 0.417 e. The van der Waals surface area contributed by atoms with Gasteiger partial charge in [-0.15, -0.1) is 0 Å². The van der Waals surface area contributed by atoms with E-state index < -0.39 is 5.76 Å². The molecule has 0 fully saturated rings. The molecule has 106 valence electrons. The van der Waals surface area contributed by atoms with Crippen LogP contribution >= 0.6 is 11.6 Å². The Morgan fingerprint density at radius 1 is 1.24 bits per heavy atom. The van der Waals surface area contributed by atoms with Crippen LogP contribution in [0.15, 0.2) is 45.6 Å². The second kappa shape index (κ2) is 4.99. The first-order valence-electron chi connectivity index (χ1n) is 6.01. The molecule has 0 saturated carbocycles. The minimum atomic E-state index is -0.545. The van der Waals surface area contributed by atoms with Crippen LogP contribution in [-0.2, 0) is 0 Å². The second-order valence-electron chi connectivity index (χ2n) is 4.45. The summed E-state index contributed by atoms with van der Waals surface area (Å²) in [5.41, 5.74) is 7.85. The molecule has 0 atom stereocenters. The molecule has 4 N–H and O–H groups in total. The molecule has 0 aliphatic heterocycles. The molecule has 0 saturated heterocycles. The number of fused-ring (bicyclic) bond motifs is 1. The quantitative estimate of drug-likeness (QED) is 0.633. The molecule has 1 heterocycles. The molecule has 0 unspecified atom stereocenters. The van der Waals surface area contributed by atoms with Crippen molar-refractivity contribution in [3.8, 4) is 0 Å². The standard InChI is InChI=1S/C14H10ClN3O3/c15-8-3-7(4-9(16)5-8)13(19)17-10-1-2-12-11(6-10)18-14(20)21-12/h1-6H,16H2,(H,17,19)(H,18,20). The summed E-state index contributed by atoms with van der Waals surface area (Å²) < 4.78 is 4.89. The molecule has 21 heavy (non-hydrogen) atoms. The van der Waals surface area contributed by atoms with Gasteiger partial charge >= 0.3 is 5.76 Å². The summed E-state index contributed by atoms with van der Waals surface area (Å²) in [6.07, 6.45) is 0. The van der Waals surface area contributed by atoms with E-state index in [-0.39, 0.29) is 5.91 Å². The van der Waals surface area contributed by atoms with E-state index in [0.29, 0.717) is 33.1 Å². The fourth-order valence-corrected chi connectivity index (χ4v) is 2.22. The van der Waals surface area contributed by atoms with E-state index in [4.69, 9.17) is 21.8 Å². The van der Waals surface area contributed by atoms with Crippen LogP contribution in [0.3, 0.4) is 0 Å². The summed E-state index contributed by atoms with van der Waals surface area (Å²) in [5.74, 6) is -0.898. The number of oxazole rings is 1. The number of nitrogen functional groups attached to an aromatic ring is 1. The maximum absolute atomic E-state index is 12.1. The minimum absolute atomic E-state index is 0.348. The zero-order valence-electron chi connectivity index (χ0n) is 10.6. The number of hydrogen-bond donors (Lipinski definition) is 3. The summed E-state index contributed by atoms with van der Waals surface area (Å²) in [5, 5.41) is 3.08. The third-order valence-electron chi connectivity index (χ3n) is 2.86. The summed E-state index contributed by atoms with van der Waals surface area (Å²) >= 11 is 5.87. The molecule has 3 rings (SSSR count). The highest BCUT2D eigenvalue weighted by molar-refractivity contribution is 6.31. The number of anilines is 2. The molecule has 0 spiro atoms. The molecule has 0 bridgehead atoms. The van der Waals surface area contributed by atoms with Gasteiger partial charge in [-0.25, -0.2) is 4.79 Å². The van der Waals surface area contributed by atoms with Gasteiger partial charge in [-0.3, -0.25) is 9.78 Å². The first-order chi connectivity index (χ1) is 10.0. The van der Waals surface area contributed by atoms with Crippen molar-refractivity contribution in [1.82, 2.24) is 4.98 Å². The Bertz CT molecular complexity index is 878. The molecule has 1 amide bonds. The van der Waals surface area contributed by atoms with Gasteiger partial charge in [0.05, 0.1) is 5.52 Å².